The Labute approximate surface area is 252 Å². The molecule has 6 aromatic rings. The van der Waals surface area contributed by atoms with E-state index in [1.807, 2.05) is 0 Å². The predicted molar refractivity (Wildman–Crippen MR) is 185 cm³/mol. The number of rotatable bonds is 9. The molecule has 0 unspecified atom stereocenters. The maximum absolute atomic E-state index is 2.71. The van der Waals surface area contributed by atoms with E-state index in [0.717, 1.165) is 0 Å². The van der Waals surface area contributed by atoms with E-state index >= 15 is 0 Å². The molecule has 6 aromatic carbocycles. The highest BCUT2D eigenvalue weighted by atomic mass is 28.3. The Morgan fingerprint density at radius 1 is 0.286 bits per heavy atom. The van der Waals surface area contributed by atoms with Crippen molar-refractivity contribution in [3.8, 4) is 0 Å². The molecule has 0 aliphatic heterocycles. The van der Waals surface area contributed by atoms with Gasteiger partial charge in [0, 0.05) is 11.4 Å². The standard InChI is InChI=1S/C38H36N2Si2/c1-41(35-25-13-5-14-26-35,36-27-15-6-16-28-36)39(33-21-9-3-10-22-33)40(34-23-11-4-12-24-34)42(2,37-29-17-7-18-30-37)38-31-19-8-20-32-38/h3-32H,1-2H3. The predicted octanol–water partition coefficient (Wildman–Crippen LogP) is 6.69. The van der Waals surface area contributed by atoms with Crippen molar-refractivity contribution in [3.63, 3.8) is 0 Å². The van der Waals surface area contributed by atoms with Crippen molar-refractivity contribution in [3.05, 3.63) is 182 Å². The first-order valence-corrected chi connectivity index (χ1v) is 19.5. The fourth-order valence-electron chi connectivity index (χ4n) is 6.16. The second-order valence-corrected chi connectivity index (χ2v) is 18.3. The van der Waals surface area contributed by atoms with Gasteiger partial charge in [-0.3, -0.25) is 0 Å². The maximum atomic E-state index is 2.71. The molecule has 42 heavy (non-hydrogen) atoms. The number of hydrazine groups is 1. The number of hydrogen-bond donors (Lipinski definition) is 0. The number of hydrogen-bond acceptors (Lipinski definition) is 2. The van der Waals surface area contributed by atoms with E-state index in [1.54, 1.807) is 0 Å². The van der Waals surface area contributed by atoms with E-state index < -0.39 is 16.5 Å². The molecule has 0 fully saturated rings. The molecule has 0 aliphatic carbocycles. The first kappa shape index (κ1) is 27.5. The smallest absolute Gasteiger partial charge is 0.240 e. The first-order valence-electron chi connectivity index (χ1n) is 14.6. The lowest BCUT2D eigenvalue weighted by Gasteiger charge is -2.55. The summed E-state index contributed by atoms with van der Waals surface area (Å²) in [5.41, 5.74) is 2.38. The van der Waals surface area contributed by atoms with Gasteiger partial charge in [-0.1, -0.05) is 158 Å². The van der Waals surface area contributed by atoms with Gasteiger partial charge in [0.15, 0.2) is 0 Å². The van der Waals surface area contributed by atoms with Crippen LogP contribution >= 0.6 is 0 Å². The van der Waals surface area contributed by atoms with Crippen molar-refractivity contribution in [1.29, 1.82) is 0 Å². The Bertz CT molecular complexity index is 1470. The molecule has 0 N–H and O–H groups in total. The molecule has 0 aliphatic rings. The Kier molecular flexibility index (Phi) is 7.91. The summed E-state index contributed by atoms with van der Waals surface area (Å²) in [5.74, 6) is 0. The van der Waals surface area contributed by atoms with Crippen LogP contribution in [0.3, 0.4) is 0 Å². The molecule has 0 saturated heterocycles. The van der Waals surface area contributed by atoms with Gasteiger partial charge in [-0.25, -0.2) is 0 Å². The Morgan fingerprint density at radius 3 is 0.690 bits per heavy atom. The van der Waals surface area contributed by atoms with Crippen LogP contribution in [0.1, 0.15) is 0 Å². The van der Waals surface area contributed by atoms with Crippen LogP contribution in [0.4, 0.5) is 11.4 Å². The molecular weight excluding hydrogens is 541 g/mol. The topological polar surface area (TPSA) is 6.48 Å². The molecular formula is C38H36N2Si2. The fraction of sp³-hybridized carbons (Fsp3) is 0.0526. The summed E-state index contributed by atoms with van der Waals surface area (Å²) in [6.45, 7) is 5.01. The number of benzene rings is 6. The van der Waals surface area contributed by atoms with Gasteiger partial charge in [-0.15, -0.1) is 0 Å². The lowest BCUT2D eigenvalue weighted by molar-refractivity contribution is 1.07. The molecule has 0 spiro atoms. The SMILES string of the molecule is C[Si](c1ccccc1)(c1ccccc1)N(c1ccccc1)N(c1ccccc1)[Si](C)(c1ccccc1)c1ccccc1. The van der Waals surface area contributed by atoms with Crippen LogP contribution in [0.5, 0.6) is 0 Å². The van der Waals surface area contributed by atoms with Crippen molar-refractivity contribution in [2.75, 3.05) is 9.35 Å². The molecule has 6 rings (SSSR count). The Morgan fingerprint density at radius 2 is 0.476 bits per heavy atom. The van der Waals surface area contributed by atoms with Crippen molar-refractivity contribution in [2.45, 2.75) is 13.1 Å². The van der Waals surface area contributed by atoms with E-state index in [-0.39, 0.29) is 0 Å². The lowest BCUT2D eigenvalue weighted by atomic mass is 10.3. The van der Waals surface area contributed by atoms with E-state index in [2.05, 4.69) is 204 Å². The van der Waals surface area contributed by atoms with E-state index in [9.17, 15) is 0 Å². The fourth-order valence-corrected chi connectivity index (χ4v) is 14.7. The van der Waals surface area contributed by atoms with Crippen LogP contribution in [0.15, 0.2) is 182 Å². The third-order valence-electron chi connectivity index (χ3n) is 8.39. The Hall–Kier alpha value is -4.65. The van der Waals surface area contributed by atoms with Gasteiger partial charge in [-0.2, -0.15) is 0 Å². The molecule has 0 saturated carbocycles. The van der Waals surface area contributed by atoms with Crippen LogP contribution in [-0.4, -0.2) is 16.5 Å². The molecule has 4 heteroatoms. The lowest BCUT2D eigenvalue weighted by Crippen LogP contribution is -2.82. The van der Waals surface area contributed by atoms with Gasteiger partial charge < -0.3 is 9.35 Å². The van der Waals surface area contributed by atoms with E-state index in [1.165, 1.54) is 32.1 Å². The summed E-state index contributed by atoms with van der Waals surface area (Å²) in [5, 5.41) is 5.44. The van der Waals surface area contributed by atoms with Crippen molar-refractivity contribution < 1.29 is 0 Å². The molecule has 0 atom stereocenters. The van der Waals surface area contributed by atoms with Crippen molar-refractivity contribution >= 4 is 48.6 Å². The van der Waals surface area contributed by atoms with Crippen LogP contribution < -0.4 is 30.1 Å². The minimum absolute atomic E-state index is 1.19. The first-order chi connectivity index (χ1) is 20.6. The summed E-state index contributed by atoms with van der Waals surface area (Å²) in [7, 11) is -5.40. The molecule has 206 valence electrons. The highest BCUT2D eigenvalue weighted by Crippen LogP contribution is 2.33. The monoisotopic (exact) mass is 576 g/mol. The average molecular weight is 577 g/mol. The second kappa shape index (κ2) is 12.1. The van der Waals surface area contributed by atoms with E-state index in [4.69, 9.17) is 0 Å². The number of anilines is 2. The summed E-state index contributed by atoms with van der Waals surface area (Å²) in [6, 6.07) is 66.5. The summed E-state index contributed by atoms with van der Waals surface area (Å²) in [6.07, 6.45) is 0. The largest absolute Gasteiger partial charge is 0.310 e. The minimum Gasteiger partial charge on any atom is -0.310 e. The van der Waals surface area contributed by atoms with Gasteiger partial charge in [0.25, 0.3) is 0 Å². The quantitative estimate of drug-likeness (QED) is 0.140. The van der Waals surface area contributed by atoms with Crippen LogP contribution in [-0.2, 0) is 0 Å². The van der Waals surface area contributed by atoms with Crippen molar-refractivity contribution in [1.82, 2.24) is 0 Å². The molecule has 0 bridgehead atoms. The molecule has 2 nitrogen and oxygen atoms in total. The average Bonchev–Trinajstić information content (AvgIpc) is 3.09. The van der Waals surface area contributed by atoms with Crippen LogP contribution in [0.25, 0.3) is 0 Å². The third-order valence-corrected chi connectivity index (χ3v) is 17.0. The van der Waals surface area contributed by atoms with Crippen LogP contribution in [0.2, 0.25) is 13.1 Å². The molecule has 0 amide bonds. The van der Waals surface area contributed by atoms with Crippen LogP contribution in [0, 0.1) is 0 Å². The zero-order chi connectivity index (χ0) is 28.8. The third kappa shape index (κ3) is 5.00. The zero-order valence-corrected chi connectivity index (χ0v) is 26.2. The second-order valence-electron chi connectivity index (χ2n) is 10.9. The van der Waals surface area contributed by atoms with Gasteiger partial charge in [0.1, 0.15) is 0 Å². The van der Waals surface area contributed by atoms with Gasteiger partial charge in [0.2, 0.25) is 16.5 Å². The van der Waals surface area contributed by atoms with E-state index in [0.29, 0.717) is 0 Å². The van der Waals surface area contributed by atoms with Gasteiger partial charge in [-0.05, 0) is 58.1 Å². The van der Waals surface area contributed by atoms with Gasteiger partial charge >= 0.3 is 0 Å². The maximum Gasteiger partial charge on any atom is 0.240 e. The highest BCUT2D eigenvalue weighted by molar-refractivity contribution is 7.09. The molecule has 0 aromatic heterocycles. The summed E-state index contributed by atoms with van der Waals surface area (Å²) < 4.78 is 5.42. The zero-order valence-electron chi connectivity index (χ0n) is 24.2. The highest BCUT2D eigenvalue weighted by Gasteiger charge is 2.50. The summed E-state index contributed by atoms with van der Waals surface area (Å²) >= 11 is 0. The Balaban J connectivity index is 1.75. The van der Waals surface area contributed by atoms with Gasteiger partial charge in [0.05, 0.1) is 0 Å². The number of para-hydroxylation sites is 2. The minimum atomic E-state index is -2.70. The molecule has 0 radical (unpaired) electrons. The number of nitrogens with zero attached hydrogens (tertiary/aromatic N) is 2. The normalized spacial score (nSPS) is 11.6. The molecule has 0 heterocycles. The summed E-state index contributed by atoms with van der Waals surface area (Å²) in [4.78, 5) is 0. The van der Waals surface area contributed by atoms with Crippen molar-refractivity contribution in [2.24, 2.45) is 0 Å².